The van der Waals surface area contributed by atoms with Crippen molar-refractivity contribution in [3.63, 3.8) is 0 Å². The molecule has 8 aliphatic rings. The van der Waals surface area contributed by atoms with Gasteiger partial charge in [-0.05, 0) is 112 Å². The molecule has 0 spiro atoms. The minimum Gasteiger partial charge on any atom is -0.425 e. The highest BCUT2D eigenvalue weighted by Gasteiger charge is 2.60. The number of nitro groups is 1. The third-order valence-corrected chi connectivity index (χ3v) is 10.9. The summed E-state index contributed by atoms with van der Waals surface area (Å²) in [7, 11) is 0. The molecule has 2 aromatic rings. The summed E-state index contributed by atoms with van der Waals surface area (Å²) in [4.78, 5) is 11.0. The molecule has 2 aromatic heterocycles. The first-order valence-electron chi connectivity index (χ1n) is 13.4. The number of rotatable bonds is 5. The van der Waals surface area contributed by atoms with Crippen LogP contribution in [0.5, 0.6) is 0 Å². The van der Waals surface area contributed by atoms with Crippen molar-refractivity contribution >= 4 is 5.69 Å². The van der Waals surface area contributed by atoms with Crippen LogP contribution < -0.4 is 0 Å². The Balaban J connectivity index is 1.09. The van der Waals surface area contributed by atoms with Gasteiger partial charge in [0.05, 0.1) is 10.5 Å². The fourth-order valence-corrected chi connectivity index (χ4v) is 10.8. The smallest absolute Gasteiger partial charge is 0.307 e. The molecule has 2 heterocycles. The molecule has 10 rings (SSSR count). The Morgan fingerprint density at radius 1 is 0.941 bits per heavy atom. The lowest BCUT2D eigenvalue weighted by atomic mass is 9.46. The molecule has 8 aliphatic carbocycles. The average molecular weight is 464 g/mol. The first-order valence-corrected chi connectivity index (χ1v) is 13.4. The van der Waals surface area contributed by atoms with E-state index in [1.807, 2.05) is 4.68 Å². The summed E-state index contributed by atoms with van der Waals surface area (Å²) in [5.41, 5.74) is 0.301. The van der Waals surface area contributed by atoms with Gasteiger partial charge in [0, 0.05) is 11.8 Å². The van der Waals surface area contributed by atoms with E-state index < -0.39 is 0 Å². The van der Waals surface area contributed by atoms with E-state index in [1.54, 1.807) is 6.20 Å². The normalized spacial score (nSPS) is 45.8. The van der Waals surface area contributed by atoms with E-state index in [1.165, 1.54) is 64.0 Å². The van der Waals surface area contributed by atoms with Gasteiger partial charge in [0.15, 0.2) is 0 Å². The van der Waals surface area contributed by atoms with Gasteiger partial charge in [-0.1, -0.05) is 0 Å². The quantitative estimate of drug-likeness (QED) is 0.447. The van der Waals surface area contributed by atoms with Crippen LogP contribution in [-0.2, 0) is 17.4 Å². The Hall–Kier alpha value is -2.25. The maximum atomic E-state index is 11.3. The van der Waals surface area contributed by atoms with Crippen LogP contribution in [0.1, 0.15) is 88.8 Å². The maximum Gasteiger partial charge on any atom is 0.307 e. The van der Waals surface area contributed by atoms with E-state index in [2.05, 4.69) is 10.2 Å². The lowest BCUT2D eigenvalue weighted by Gasteiger charge is -2.61. The summed E-state index contributed by atoms with van der Waals surface area (Å²) in [5, 5.41) is 25.1. The van der Waals surface area contributed by atoms with E-state index in [0.29, 0.717) is 11.8 Å². The van der Waals surface area contributed by atoms with Crippen LogP contribution in [0, 0.1) is 45.1 Å². The molecule has 8 fully saturated rings. The second-order valence-electron chi connectivity index (χ2n) is 13.5. The number of hydrogen-bond donors (Lipinski definition) is 0. The zero-order valence-electron chi connectivity index (χ0n) is 19.7. The number of aromatic nitrogens is 4. The SMILES string of the molecule is O=[N+]([O-])c1cnn(C23CC4CC(CC(Cc5nnc(C67CC8CC(CC(C8)C6)C7)o5)(C4)C2)C3)c1. The van der Waals surface area contributed by atoms with Gasteiger partial charge in [0.2, 0.25) is 11.8 Å². The van der Waals surface area contributed by atoms with Crippen molar-refractivity contribution in [3.05, 3.63) is 34.3 Å². The molecule has 8 saturated carbocycles. The molecule has 8 bridgehead atoms. The van der Waals surface area contributed by atoms with Gasteiger partial charge in [0.25, 0.3) is 0 Å². The summed E-state index contributed by atoms with van der Waals surface area (Å²) in [6.07, 6.45) is 18.8. The molecule has 8 nitrogen and oxygen atoms in total. The Kier molecular flexibility index (Phi) is 3.82. The van der Waals surface area contributed by atoms with Crippen molar-refractivity contribution in [3.8, 4) is 0 Å². The molecular formula is C26H33N5O3. The molecule has 0 amide bonds. The van der Waals surface area contributed by atoms with Crippen LogP contribution in [0.15, 0.2) is 16.8 Å². The van der Waals surface area contributed by atoms with Gasteiger partial charge in [0.1, 0.15) is 12.4 Å². The van der Waals surface area contributed by atoms with Crippen LogP contribution in [0.25, 0.3) is 0 Å². The second kappa shape index (κ2) is 6.49. The molecule has 8 heteroatoms. The summed E-state index contributed by atoms with van der Waals surface area (Å²) < 4.78 is 8.50. The Morgan fingerprint density at radius 3 is 2.21 bits per heavy atom. The van der Waals surface area contributed by atoms with E-state index in [4.69, 9.17) is 9.52 Å². The van der Waals surface area contributed by atoms with Crippen LogP contribution in [-0.4, -0.2) is 24.9 Å². The van der Waals surface area contributed by atoms with E-state index in [9.17, 15) is 10.1 Å². The third kappa shape index (κ3) is 2.80. The molecule has 34 heavy (non-hydrogen) atoms. The molecule has 0 saturated heterocycles. The Morgan fingerprint density at radius 2 is 1.59 bits per heavy atom. The third-order valence-electron chi connectivity index (χ3n) is 10.9. The molecule has 2 unspecified atom stereocenters. The zero-order chi connectivity index (χ0) is 22.7. The summed E-state index contributed by atoms with van der Waals surface area (Å²) in [5.74, 6) is 5.68. The summed E-state index contributed by atoms with van der Waals surface area (Å²) in [6, 6.07) is 0. The number of hydrogen-bond acceptors (Lipinski definition) is 6. The van der Waals surface area contributed by atoms with Gasteiger partial charge < -0.3 is 4.42 Å². The number of nitrogens with zero attached hydrogens (tertiary/aromatic N) is 5. The van der Waals surface area contributed by atoms with Crippen LogP contribution in [0.3, 0.4) is 0 Å². The van der Waals surface area contributed by atoms with Gasteiger partial charge in [-0.2, -0.15) is 5.10 Å². The Bertz CT molecular complexity index is 1120. The van der Waals surface area contributed by atoms with Gasteiger partial charge in [-0.25, -0.2) is 0 Å². The standard InChI is InChI=1S/C26H33N5O3/c32-31(33)21-13-27-30(14-21)26-10-19-4-20(11-26)6-24(5-19,15-26)12-22-28-29-23(34-22)25-7-16-1-17(8-25)3-18(2-16)9-25/h13-14,16-20H,1-12,15H2. The average Bonchev–Trinajstić information content (AvgIpc) is 3.42. The largest absolute Gasteiger partial charge is 0.425 e. The van der Waals surface area contributed by atoms with Crippen LogP contribution >= 0.6 is 0 Å². The first-order chi connectivity index (χ1) is 16.4. The minimum atomic E-state index is -0.329. The monoisotopic (exact) mass is 463 g/mol. The highest BCUT2D eigenvalue weighted by Crippen LogP contribution is 2.65. The highest BCUT2D eigenvalue weighted by atomic mass is 16.6. The fraction of sp³-hybridized carbons (Fsp3) is 0.808. The highest BCUT2D eigenvalue weighted by molar-refractivity contribution is 5.23. The molecule has 0 aliphatic heterocycles. The van der Waals surface area contributed by atoms with Crippen molar-refractivity contribution < 1.29 is 9.34 Å². The van der Waals surface area contributed by atoms with E-state index >= 15 is 0 Å². The van der Waals surface area contributed by atoms with Crippen LogP contribution in [0.4, 0.5) is 5.69 Å². The lowest BCUT2D eigenvalue weighted by molar-refractivity contribution is -0.385. The summed E-state index contributed by atoms with van der Waals surface area (Å²) >= 11 is 0. The molecule has 2 atom stereocenters. The predicted molar refractivity (Wildman–Crippen MR) is 122 cm³/mol. The molecular weight excluding hydrogens is 430 g/mol. The molecule has 0 N–H and O–H groups in total. The molecule has 180 valence electrons. The predicted octanol–water partition coefficient (Wildman–Crippen LogP) is 5.18. The first kappa shape index (κ1) is 20.0. The van der Waals surface area contributed by atoms with E-state index in [-0.39, 0.29) is 27.0 Å². The topological polar surface area (TPSA) is 99.9 Å². The van der Waals surface area contributed by atoms with Crippen molar-refractivity contribution in [1.82, 2.24) is 20.0 Å². The lowest BCUT2D eigenvalue weighted by Crippen LogP contribution is -2.57. The van der Waals surface area contributed by atoms with Crippen LogP contribution in [0.2, 0.25) is 0 Å². The molecule has 0 aromatic carbocycles. The van der Waals surface area contributed by atoms with Crippen molar-refractivity contribution in [2.24, 2.45) is 35.0 Å². The van der Waals surface area contributed by atoms with Crippen molar-refractivity contribution in [2.45, 2.75) is 94.4 Å². The van der Waals surface area contributed by atoms with Crippen molar-refractivity contribution in [1.29, 1.82) is 0 Å². The van der Waals surface area contributed by atoms with Gasteiger partial charge in [-0.3, -0.25) is 14.8 Å². The maximum absolute atomic E-state index is 11.3. The fourth-order valence-electron chi connectivity index (χ4n) is 10.8. The Labute approximate surface area is 199 Å². The zero-order valence-corrected chi connectivity index (χ0v) is 19.7. The van der Waals surface area contributed by atoms with Crippen molar-refractivity contribution in [2.75, 3.05) is 0 Å². The second-order valence-corrected chi connectivity index (χ2v) is 13.5. The summed E-state index contributed by atoms with van der Waals surface area (Å²) in [6.45, 7) is 0. The van der Waals surface area contributed by atoms with Gasteiger partial charge in [-0.15, -0.1) is 10.2 Å². The van der Waals surface area contributed by atoms with E-state index in [0.717, 1.165) is 55.2 Å². The van der Waals surface area contributed by atoms with Gasteiger partial charge >= 0.3 is 5.69 Å². The molecule has 0 radical (unpaired) electrons. The minimum absolute atomic E-state index is 0.0961.